The number of rotatable bonds is 5. The Morgan fingerprint density at radius 3 is 2.19 bits per heavy atom. The average Bonchev–Trinajstić information content (AvgIpc) is 3.05. The summed E-state index contributed by atoms with van der Waals surface area (Å²) < 4.78 is 0. The van der Waals surface area contributed by atoms with Crippen molar-refractivity contribution in [2.45, 2.75) is 12.6 Å². The van der Waals surface area contributed by atoms with Crippen LogP contribution in [0.15, 0.2) is 84.4 Å². The zero-order chi connectivity index (χ0) is 22.8. The molecule has 0 saturated carbocycles. The van der Waals surface area contributed by atoms with Crippen LogP contribution >= 0.6 is 11.6 Å². The number of Topliss-reactive ketones (excluding diaryl/α,β-unsaturated/α-hetero) is 1. The van der Waals surface area contributed by atoms with Gasteiger partial charge in [0.15, 0.2) is 0 Å². The molecule has 1 N–H and O–H groups in total. The number of likely N-dealkylation sites (tertiary alicyclic amines) is 1. The first-order chi connectivity index (χ1) is 15.4. The molecule has 7 nitrogen and oxygen atoms in total. The van der Waals surface area contributed by atoms with Gasteiger partial charge in [-0.2, -0.15) is 0 Å². The Hall–Kier alpha value is -3.97. The van der Waals surface area contributed by atoms with E-state index < -0.39 is 22.7 Å². The number of carbonyl (C=O) groups is 2. The van der Waals surface area contributed by atoms with Crippen molar-refractivity contribution in [3.05, 3.63) is 116 Å². The van der Waals surface area contributed by atoms with Crippen LogP contribution in [0.25, 0.3) is 5.76 Å². The lowest BCUT2D eigenvalue weighted by atomic mass is 9.95. The summed E-state index contributed by atoms with van der Waals surface area (Å²) in [7, 11) is 0. The number of nitrogens with zero attached hydrogens (tertiary/aromatic N) is 2. The van der Waals surface area contributed by atoms with Crippen molar-refractivity contribution in [1.29, 1.82) is 0 Å². The van der Waals surface area contributed by atoms with E-state index in [1.807, 2.05) is 30.3 Å². The third kappa shape index (κ3) is 3.98. The van der Waals surface area contributed by atoms with E-state index in [0.717, 1.165) is 5.56 Å². The van der Waals surface area contributed by atoms with Gasteiger partial charge in [0.05, 0.1) is 16.5 Å². The molecule has 0 bridgehead atoms. The molecule has 0 aromatic heterocycles. The number of hydrogen-bond donors (Lipinski definition) is 1. The molecule has 1 saturated heterocycles. The minimum atomic E-state index is -0.910. The van der Waals surface area contributed by atoms with Gasteiger partial charge in [-0.15, -0.1) is 0 Å². The van der Waals surface area contributed by atoms with Gasteiger partial charge in [-0.1, -0.05) is 41.9 Å². The first kappa shape index (κ1) is 21.3. The molecule has 32 heavy (non-hydrogen) atoms. The molecule has 3 aromatic carbocycles. The number of nitro groups is 1. The standard InChI is InChI=1S/C24H17ClN2O5/c25-18-10-6-17(7-11-18)22(28)20-21(16-8-12-19(13-9-16)27(31)32)26(24(30)23(20)29)14-15-4-2-1-3-5-15/h1-13,21,28H,14H2/b22-20+. The third-order valence-electron chi connectivity index (χ3n) is 5.27. The summed E-state index contributed by atoms with van der Waals surface area (Å²) in [5.74, 6) is -1.91. The predicted octanol–water partition coefficient (Wildman–Crippen LogP) is 4.87. The van der Waals surface area contributed by atoms with E-state index in [2.05, 4.69) is 0 Å². The summed E-state index contributed by atoms with van der Waals surface area (Å²) in [6.07, 6.45) is 0. The van der Waals surface area contributed by atoms with Gasteiger partial charge in [0.25, 0.3) is 17.4 Å². The number of nitro benzene ring substituents is 1. The second kappa shape index (κ2) is 8.64. The van der Waals surface area contributed by atoms with Crippen LogP contribution in [-0.2, 0) is 16.1 Å². The molecule has 160 valence electrons. The fourth-order valence-corrected chi connectivity index (χ4v) is 3.84. The van der Waals surface area contributed by atoms with Crippen LogP contribution in [0.1, 0.15) is 22.7 Å². The van der Waals surface area contributed by atoms with Crippen LogP contribution in [0, 0.1) is 10.1 Å². The lowest BCUT2D eigenvalue weighted by Crippen LogP contribution is -2.29. The molecular weight excluding hydrogens is 432 g/mol. The Kier molecular flexibility index (Phi) is 5.75. The number of non-ortho nitro benzene ring substituents is 1. The number of amides is 1. The Morgan fingerprint density at radius 2 is 1.59 bits per heavy atom. The fraction of sp³-hybridized carbons (Fsp3) is 0.0833. The number of ketones is 1. The van der Waals surface area contributed by atoms with Crippen molar-refractivity contribution >= 4 is 34.7 Å². The van der Waals surface area contributed by atoms with Crippen LogP contribution in [0.5, 0.6) is 0 Å². The maximum Gasteiger partial charge on any atom is 0.295 e. The van der Waals surface area contributed by atoms with Crippen LogP contribution in [0.4, 0.5) is 5.69 Å². The van der Waals surface area contributed by atoms with E-state index in [4.69, 9.17) is 11.6 Å². The Labute approximate surface area is 188 Å². The number of benzene rings is 3. The summed E-state index contributed by atoms with van der Waals surface area (Å²) in [6, 6.07) is 20.0. The highest BCUT2D eigenvalue weighted by Crippen LogP contribution is 2.40. The monoisotopic (exact) mass is 448 g/mol. The topological polar surface area (TPSA) is 101 Å². The summed E-state index contributed by atoms with van der Waals surface area (Å²) in [5.41, 5.74) is 1.40. The van der Waals surface area contributed by atoms with Crippen molar-refractivity contribution in [1.82, 2.24) is 4.90 Å². The molecular formula is C24H17ClN2O5. The van der Waals surface area contributed by atoms with E-state index in [9.17, 15) is 24.8 Å². The molecule has 0 radical (unpaired) electrons. The first-order valence-electron chi connectivity index (χ1n) is 9.69. The fourth-order valence-electron chi connectivity index (χ4n) is 3.71. The first-order valence-corrected chi connectivity index (χ1v) is 10.1. The number of aliphatic hydroxyl groups excluding tert-OH is 1. The highest BCUT2D eigenvalue weighted by Gasteiger charge is 2.46. The van der Waals surface area contributed by atoms with Gasteiger partial charge >= 0.3 is 0 Å². The molecule has 3 aromatic rings. The molecule has 1 aliphatic heterocycles. The molecule has 1 atom stereocenters. The van der Waals surface area contributed by atoms with E-state index in [1.54, 1.807) is 24.3 Å². The maximum atomic E-state index is 13.0. The van der Waals surface area contributed by atoms with Crippen molar-refractivity contribution in [3.63, 3.8) is 0 Å². The van der Waals surface area contributed by atoms with E-state index in [1.165, 1.54) is 29.2 Å². The molecule has 0 spiro atoms. The van der Waals surface area contributed by atoms with Crippen molar-refractivity contribution in [2.75, 3.05) is 0 Å². The molecule has 1 aliphatic rings. The minimum absolute atomic E-state index is 0.0814. The van der Waals surface area contributed by atoms with Crippen LogP contribution < -0.4 is 0 Å². The summed E-state index contributed by atoms with van der Waals surface area (Å²) >= 11 is 5.92. The number of halogens is 1. The largest absolute Gasteiger partial charge is 0.507 e. The lowest BCUT2D eigenvalue weighted by molar-refractivity contribution is -0.384. The smallest absolute Gasteiger partial charge is 0.295 e. The van der Waals surface area contributed by atoms with Crippen LogP contribution in [0.2, 0.25) is 5.02 Å². The highest BCUT2D eigenvalue weighted by molar-refractivity contribution is 6.46. The van der Waals surface area contributed by atoms with Gasteiger partial charge in [-0.25, -0.2) is 0 Å². The molecule has 8 heteroatoms. The van der Waals surface area contributed by atoms with Gasteiger partial charge in [-0.05, 0) is 47.5 Å². The SMILES string of the molecule is O=C1C(=O)N(Cc2ccccc2)C(c2ccc([N+](=O)[O-])cc2)/C1=C(\O)c1ccc(Cl)cc1. The minimum Gasteiger partial charge on any atom is -0.507 e. The number of hydrogen-bond acceptors (Lipinski definition) is 5. The normalized spacial score (nSPS) is 17.5. The number of carbonyl (C=O) groups excluding carboxylic acids is 2. The van der Waals surface area contributed by atoms with Gasteiger partial charge in [-0.3, -0.25) is 19.7 Å². The van der Waals surface area contributed by atoms with Gasteiger partial charge < -0.3 is 10.0 Å². The van der Waals surface area contributed by atoms with Crippen LogP contribution in [0.3, 0.4) is 0 Å². The second-order valence-corrected chi connectivity index (χ2v) is 7.70. The van der Waals surface area contributed by atoms with E-state index >= 15 is 0 Å². The number of aliphatic hydroxyl groups is 1. The Morgan fingerprint density at radius 1 is 0.969 bits per heavy atom. The third-order valence-corrected chi connectivity index (χ3v) is 5.52. The van der Waals surface area contributed by atoms with Crippen molar-refractivity contribution in [3.8, 4) is 0 Å². The van der Waals surface area contributed by atoms with E-state index in [0.29, 0.717) is 16.1 Å². The molecule has 1 unspecified atom stereocenters. The highest BCUT2D eigenvalue weighted by atomic mass is 35.5. The second-order valence-electron chi connectivity index (χ2n) is 7.27. The van der Waals surface area contributed by atoms with Gasteiger partial charge in [0.1, 0.15) is 5.76 Å². The van der Waals surface area contributed by atoms with E-state index in [-0.39, 0.29) is 23.6 Å². The molecule has 0 aliphatic carbocycles. The Balaban J connectivity index is 1.85. The zero-order valence-corrected chi connectivity index (χ0v) is 17.4. The molecule has 1 fully saturated rings. The average molecular weight is 449 g/mol. The summed E-state index contributed by atoms with van der Waals surface area (Å²) in [4.78, 5) is 37.9. The summed E-state index contributed by atoms with van der Waals surface area (Å²) in [6.45, 7) is 0.129. The van der Waals surface area contributed by atoms with Crippen LogP contribution in [-0.4, -0.2) is 26.6 Å². The maximum absolute atomic E-state index is 13.0. The predicted molar refractivity (Wildman–Crippen MR) is 119 cm³/mol. The summed E-state index contributed by atoms with van der Waals surface area (Å²) in [5, 5.41) is 22.5. The Bertz CT molecular complexity index is 1220. The van der Waals surface area contributed by atoms with Crippen molar-refractivity contribution in [2.24, 2.45) is 0 Å². The quantitative estimate of drug-likeness (QED) is 0.197. The zero-order valence-electron chi connectivity index (χ0n) is 16.6. The molecule has 1 amide bonds. The van der Waals surface area contributed by atoms with Gasteiger partial charge in [0, 0.05) is 29.3 Å². The lowest BCUT2D eigenvalue weighted by Gasteiger charge is -2.25. The molecule has 1 heterocycles. The molecule has 4 rings (SSSR count). The van der Waals surface area contributed by atoms with Crippen molar-refractivity contribution < 1.29 is 19.6 Å². The van der Waals surface area contributed by atoms with Gasteiger partial charge in [0.2, 0.25) is 0 Å².